The highest BCUT2D eigenvalue weighted by atomic mass is 32.2. The Morgan fingerprint density at radius 3 is 2.29 bits per heavy atom. The SMILES string of the molecule is O=C(c1cccs1)[C@@H]1[C@@H](O)c2ccccc2S[C@@]1(c1ccccc1)C(F)(F)F. The van der Waals surface area contributed by atoms with Gasteiger partial charge in [0.25, 0.3) is 0 Å². The van der Waals surface area contributed by atoms with E-state index in [9.17, 15) is 23.1 Å². The number of hydrogen-bond donors (Lipinski definition) is 1. The molecular formula is C21H15F3O2S2. The molecule has 3 atom stereocenters. The summed E-state index contributed by atoms with van der Waals surface area (Å²) in [5.74, 6) is -2.40. The molecule has 1 N–H and O–H groups in total. The smallest absolute Gasteiger partial charge is 0.388 e. The molecule has 0 spiro atoms. The minimum Gasteiger partial charge on any atom is -0.388 e. The molecule has 144 valence electrons. The summed E-state index contributed by atoms with van der Waals surface area (Å²) < 4.78 is 41.6. The number of rotatable bonds is 3. The molecule has 1 aromatic heterocycles. The number of thiophene rings is 1. The van der Waals surface area contributed by atoms with Crippen LogP contribution in [0.1, 0.15) is 26.9 Å². The van der Waals surface area contributed by atoms with Crippen molar-refractivity contribution < 1.29 is 23.1 Å². The molecule has 0 saturated heterocycles. The highest BCUT2D eigenvalue weighted by molar-refractivity contribution is 8.00. The molecule has 0 bridgehead atoms. The third-order valence-electron chi connectivity index (χ3n) is 4.93. The number of alkyl halides is 3. The number of Topliss-reactive ketones (excluding diaryl/α,β-unsaturated/α-hetero) is 1. The zero-order valence-electron chi connectivity index (χ0n) is 14.4. The molecule has 1 aliphatic rings. The monoisotopic (exact) mass is 420 g/mol. The van der Waals surface area contributed by atoms with Gasteiger partial charge in [0.05, 0.1) is 16.9 Å². The highest BCUT2D eigenvalue weighted by Crippen LogP contribution is 2.64. The maximum absolute atomic E-state index is 14.7. The zero-order valence-corrected chi connectivity index (χ0v) is 16.0. The molecule has 1 aliphatic heterocycles. The number of fused-ring (bicyclic) bond motifs is 1. The maximum Gasteiger partial charge on any atom is 0.408 e. The van der Waals surface area contributed by atoms with Crippen molar-refractivity contribution in [3.63, 3.8) is 0 Å². The van der Waals surface area contributed by atoms with Crippen molar-refractivity contribution in [2.75, 3.05) is 0 Å². The van der Waals surface area contributed by atoms with Crippen LogP contribution >= 0.6 is 23.1 Å². The lowest BCUT2D eigenvalue weighted by atomic mass is 9.75. The number of thioether (sulfide) groups is 1. The normalized spacial score (nSPS) is 24.6. The third kappa shape index (κ3) is 2.89. The van der Waals surface area contributed by atoms with Gasteiger partial charge >= 0.3 is 6.18 Å². The van der Waals surface area contributed by atoms with Crippen molar-refractivity contribution in [1.29, 1.82) is 0 Å². The second kappa shape index (κ2) is 7.06. The van der Waals surface area contributed by atoms with Crippen LogP contribution in [0, 0.1) is 5.92 Å². The van der Waals surface area contributed by atoms with Crippen LogP contribution in [-0.2, 0) is 4.75 Å². The van der Waals surface area contributed by atoms with Crippen LogP contribution in [0.15, 0.2) is 77.0 Å². The predicted molar refractivity (Wildman–Crippen MR) is 104 cm³/mol. The summed E-state index contributed by atoms with van der Waals surface area (Å²) in [7, 11) is 0. The summed E-state index contributed by atoms with van der Waals surface area (Å²) in [5.41, 5.74) is 0.300. The van der Waals surface area contributed by atoms with E-state index in [1.165, 1.54) is 30.3 Å². The van der Waals surface area contributed by atoms with E-state index in [1.54, 1.807) is 41.8 Å². The first-order chi connectivity index (χ1) is 13.4. The average molecular weight is 420 g/mol. The van der Waals surface area contributed by atoms with E-state index in [0.717, 1.165) is 11.3 Å². The first-order valence-corrected chi connectivity index (χ1v) is 10.2. The number of carbonyl (C=O) groups excluding carboxylic acids is 1. The molecule has 7 heteroatoms. The lowest BCUT2D eigenvalue weighted by molar-refractivity contribution is -0.180. The molecule has 0 fully saturated rings. The fraction of sp³-hybridized carbons (Fsp3) is 0.190. The fourth-order valence-electron chi connectivity index (χ4n) is 3.68. The van der Waals surface area contributed by atoms with Gasteiger partial charge in [0.2, 0.25) is 0 Å². The van der Waals surface area contributed by atoms with Crippen LogP contribution in [-0.4, -0.2) is 17.1 Å². The van der Waals surface area contributed by atoms with Crippen LogP contribution in [0.25, 0.3) is 0 Å². The Labute approximate surface area is 168 Å². The Hall–Kier alpha value is -2.09. The summed E-state index contributed by atoms with van der Waals surface area (Å²) in [4.78, 5) is 13.8. The first-order valence-electron chi connectivity index (χ1n) is 8.52. The van der Waals surface area contributed by atoms with Crippen LogP contribution in [0.5, 0.6) is 0 Å². The molecule has 0 unspecified atom stereocenters. The Morgan fingerprint density at radius 1 is 0.964 bits per heavy atom. The molecule has 4 rings (SSSR count). The van der Waals surface area contributed by atoms with Crippen molar-refractivity contribution in [2.45, 2.75) is 21.9 Å². The lowest BCUT2D eigenvalue weighted by Gasteiger charge is -2.46. The molecule has 0 radical (unpaired) electrons. The van der Waals surface area contributed by atoms with Gasteiger partial charge in [-0.3, -0.25) is 4.79 Å². The Bertz CT molecular complexity index is 986. The lowest BCUT2D eigenvalue weighted by Crippen LogP contribution is -2.52. The van der Waals surface area contributed by atoms with E-state index in [4.69, 9.17) is 0 Å². The summed E-state index contributed by atoms with van der Waals surface area (Å²) in [6.45, 7) is 0. The van der Waals surface area contributed by atoms with Crippen molar-refractivity contribution in [1.82, 2.24) is 0 Å². The minimum absolute atomic E-state index is 0.0454. The summed E-state index contributed by atoms with van der Waals surface area (Å²) in [6.07, 6.45) is -6.35. The fourth-order valence-corrected chi connectivity index (χ4v) is 5.92. The predicted octanol–water partition coefficient (Wildman–Crippen LogP) is 5.84. The number of ketones is 1. The molecule has 3 aromatic rings. The molecule has 2 aromatic carbocycles. The molecule has 2 heterocycles. The van der Waals surface area contributed by atoms with E-state index in [2.05, 4.69) is 0 Å². The van der Waals surface area contributed by atoms with Crippen molar-refractivity contribution in [3.05, 3.63) is 88.1 Å². The molecule has 2 nitrogen and oxygen atoms in total. The van der Waals surface area contributed by atoms with Gasteiger partial charge < -0.3 is 5.11 Å². The van der Waals surface area contributed by atoms with E-state index < -0.39 is 28.7 Å². The van der Waals surface area contributed by atoms with Crippen LogP contribution in [0.2, 0.25) is 0 Å². The van der Waals surface area contributed by atoms with Gasteiger partial charge in [-0.2, -0.15) is 13.2 Å². The molecule has 28 heavy (non-hydrogen) atoms. The highest BCUT2D eigenvalue weighted by Gasteiger charge is 2.67. The van der Waals surface area contributed by atoms with E-state index >= 15 is 0 Å². The van der Waals surface area contributed by atoms with Crippen molar-refractivity contribution >= 4 is 28.9 Å². The summed E-state index contributed by atoms with van der Waals surface area (Å²) >= 11 is 1.68. The van der Waals surface area contributed by atoms with Crippen LogP contribution < -0.4 is 0 Å². The molecular weight excluding hydrogens is 405 g/mol. The van der Waals surface area contributed by atoms with Gasteiger partial charge in [0.15, 0.2) is 10.5 Å². The van der Waals surface area contributed by atoms with Gasteiger partial charge in [-0.15, -0.1) is 23.1 Å². The number of benzene rings is 2. The molecule has 0 aliphatic carbocycles. The number of hydrogen-bond acceptors (Lipinski definition) is 4. The second-order valence-corrected chi connectivity index (χ2v) is 8.74. The quantitative estimate of drug-likeness (QED) is 0.541. The number of aliphatic hydroxyl groups excluding tert-OH is 1. The average Bonchev–Trinajstić information content (AvgIpc) is 3.22. The summed E-state index contributed by atoms with van der Waals surface area (Å²) in [6, 6.07) is 16.9. The zero-order chi connectivity index (χ0) is 19.9. The van der Waals surface area contributed by atoms with E-state index in [1.807, 2.05) is 0 Å². The summed E-state index contributed by atoms with van der Waals surface area (Å²) in [5, 5.41) is 12.7. The number of aliphatic hydroxyl groups is 1. The molecule has 0 saturated carbocycles. The number of carbonyl (C=O) groups is 1. The van der Waals surface area contributed by atoms with Gasteiger partial charge in [0.1, 0.15) is 0 Å². The maximum atomic E-state index is 14.7. The topological polar surface area (TPSA) is 37.3 Å². The van der Waals surface area contributed by atoms with E-state index in [-0.39, 0.29) is 10.4 Å². The Balaban J connectivity index is 2.01. The van der Waals surface area contributed by atoms with E-state index in [0.29, 0.717) is 22.2 Å². The van der Waals surface area contributed by atoms with Gasteiger partial charge in [-0.25, -0.2) is 0 Å². The Morgan fingerprint density at radius 2 is 1.64 bits per heavy atom. The standard InChI is InChI=1S/C21H15F3O2S2/c22-21(23,24)20(13-7-2-1-3-8-13)17(19(26)16-11-6-12-27-16)18(25)14-9-4-5-10-15(14)28-20/h1-12,17-18,25H/t17-,18-,20+/m0/s1. The second-order valence-electron chi connectivity index (χ2n) is 6.50. The van der Waals surface area contributed by atoms with Crippen molar-refractivity contribution in [2.24, 2.45) is 5.92 Å². The van der Waals surface area contributed by atoms with Crippen LogP contribution in [0.3, 0.4) is 0 Å². The largest absolute Gasteiger partial charge is 0.408 e. The van der Waals surface area contributed by atoms with Gasteiger partial charge in [-0.05, 0) is 28.6 Å². The van der Waals surface area contributed by atoms with Crippen LogP contribution in [0.4, 0.5) is 13.2 Å². The number of halogens is 3. The first kappa shape index (κ1) is 19.2. The Kier molecular flexibility index (Phi) is 4.85. The van der Waals surface area contributed by atoms with Crippen molar-refractivity contribution in [3.8, 4) is 0 Å². The minimum atomic E-state index is -4.77. The van der Waals surface area contributed by atoms with Gasteiger partial charge in [0, 0.05) is 4.90 Å². The third-order valence-corrected chi connectivity index (χ3v) is 7.45. The van der Waals surface area contributed by atoms with Gasteiger partial charge in [-0.1, -0.05) is 54.6 Å². The molecule has 0 amide bonds.